The second-order valence-electron chi connectivity index (χ2n) is 14.4. The van der Waals surface area contributed by atoms with Crippen LogP contribution in [0.4, 0.5) is 0 Å². The lowest BCUT2D eigenvalue weighted by molar-refractivity contribution is 1.06. The summed E-state index contributed by atoms with van der Waals surface area (Å²) in [5.74, 6) is 0.807. The van der Waals surface area contributed by atoms with Crippen LogP contribution >= 0.6 is 11.3 Å². The summed E-state index contributed by atoms with van der Waals surface area (Å²) in [5, 5.41) is 4.53. The van der Waals surface area contributed by atoms with Crippen molar-refractivity contribution in [3.63, 3.8) is 0 Å². The normalized spacial score (nSPS) is 11.4. The molecule has 0 aliphatic heterocycles. The molecule has 278 valence electrons. The number of aromatic nitrogens is 6. The number of hydrogen-bond donors (Lipinski definition) is 0. The van der Waals surface area contributed by atoms with Crippen LogP contribution in [0.3, 0.4) is 0 Å². The molecule has 5 aromatic carbocycles. The summed E-state index contributed by atoms with van der Waals surface area (Å²) in [4.78, 5) is 20.4. The van der Waals surface area contributed by atoms with E-state index in [1.165, 1.54) is 21.2 Å². The topological polar surface area (TPSA) is 61.4 Å². The Balaban J connectivity index is 1.12. The molecule has 0 N–H and O–H groups in total. The molecule has 0 unspecified atom stereocenters. The van der Waals surface area contributed by atoms with E-state index in [1.807, 2.05) is 55.2 Å². The molecule has 59 heavy (non-hydrogen) atoms. The Hall–Kier alpha value is -7.74. The average Bonchev–Trinajstić information content (AvgIpc) is 4.09. The van der Waals surface area contributed by atoms with Crippen LogP contribution in [0.25, 0.3) is 99.8 Å². The summed E-state index contributed by atoms with van der Waals surface area (Å²) in [6.07, 6.45) is 11.3. The number of nitrogens with zero attached hydrogens (tertiary/aromatic N) is 6. The molecule has 0 atom stereocenters. The zero-order valence-corrected chi connectivity index (χ0v) is 32.5. The Kier molecular flexibility index (Phi) is 8.56. The summed E-state index contributed by atoms with van der Waals surface area (Å²) >= 11 is 1.76. The van der Waals surface area contributed by atoms with Crippen molar-refractivity contribution in [2.45, 2.75) is 0 Å². The van der Waals surface area contributed by atoms with Gasteiger partial charge in [0, 0.05) is 80.1 Å². The van der Waals surface area contributed by atoms with E-state index in [0.29, 0.717) is 0 Å². The average molecular weight is 775 g/mol. The fourth-order valence-corrected chi connectivity index (χ4v) is 8.93. The predicted octanol–water partition coefficient (Wildman–Crippen LogP) is 13.2. The van der Waals surface area contributed by atoms with Gasteiger partial charge in [-0.05, 0) is 94.9 Å². The largest absolute Gasteiger partial charge is 0.309 e. The summed E-state index contributed by atoms with van der Waals surface area (Å²) in [6.45, 7) is 0. The summed E-state index contributed by atoms with van der Waals surface area (Å²) in [5.41, 5.74) is 14.6. The van der Waals surface area contributed by atoms with Gasteiger partial charge in [0.2, 0.25) is 0 Å². The molecule has 0 saturated heterocycles. The number of hydrogen-bond acceptors (Lipinski definition) is 5. The van der Waals surface area contributed by atoms with Gasteiger partial charge in [-0.1, -0.05) is 91.0 Å². The molecule has 7 heteroatoms. The molecule has 0 saturated carbocycles. The lowest BCUT2D eigenvalue weighted by Crippen LogP contribution is -2.06. The zero-order chi connectivity index (χ0) is 39.1. The van der Waals surface area contributed by atoms with Gasteiger partial charge in [-0.15, -0.1) is 11.3 Å². The molecule has 0 spiro atoms. The van der Waals surface area contributed by atoms with E-state index in [9.17, 15) is 0 Å². The first-order valence-corrected chi connectivity index (χ1v) is 20.4. The van der Waals surface area contributed by atoms with Crippen molar-refractivity contribution in [1.29, 1.82) is 0 Å². The highest BCUT2D eigenvalue weighted by Crippen LogP contribution is 2.41. The van der Waals surface area contributed by atoms with Gasteiger partial charge in [0.1, 0.15) is 5.82 Å². The molecule has 0 aliphatic carbocycles. The maximum atomic E-state index is 5.18. The molecule has 6 heterocycles. The van der Waals surface area contributed by atoms with E-state index in [-0.39, 0.29) is 0 Å². The van der Waals surface area contributed by atoms with E-state index in [4.69, 9.17) is 9.97 Å². The quantitative estimate of drug-likeness (QED) is 0.154. The second kappa shape index (κ2) is 14.6. The lowest BCUT2D eigenvalue weighted by atomic mass is 9.99. The van der Waals surface area contributed by atoms with Crippen molar-refractivity contribution >= 4 is 33.1 Å². The summed E-state index contributed by atoms with van der Waals surface area (Å²) in [6, 6.07) is 57.8. The van der Waals surface area contributed by atoms with Crippen LogP contribution < -0.4 is 0 Å². The van der Waals surface area contributed by atoms with Gasteiger partial charge in [-0.25, -0.2) is 4.98 Å². The monoisotopic (exact) mass is 774 g/mol. The second-order valence-corrected chi connectivity index (χ2v) is 15.3. The molecular weight excluding hydrogens is 741 g/mol. The molecule has 0 radical (unpaired) electrons. The smallest absolute Gasteiger partial charge is 0.145 e. The van der Waals surface area contributed by atoms with Crippen LogP contribution in [0.5, 0.6) is 0 Å². The van der Waals surface area contributed by atoms with Crippen LogP contribution in [0.15, 0.2) is 206 Å². The SMILES string of the molecule is c1ccc(-c2ccnc(-c3ccccc3)c2-n2c(-c3cccnc3)cnc2-c2ccc(-n3c4ccc(-c5cccnc5)cc4c4ccc(-c5cccs5)cc43)cc2)cc1. The molecule has 6 nitrogen and oxygen atoms in total. The maximum Gasteiger partial charge on any atom is 0.145 e. The first-order chi connectivity index (χ1) is 29.3. The van der Waals surface area contributed by atoms with Crippen molar-refractivity contribution in [3.8, 4) is 78.0 Å². The molecule has 0 bridgehead atoms. The van der Waals surface area contributed by atoms with Crippen LogP contribution in [0.2, 0.25) is 0 Å². The van der Waals surface area contributed by atoms with E-state index < -0.39 is 0 Å². The fourth-order valence-electron chi connectivity index (χ4n) is 8.21. The third kappa shape index (κ3) is 6.12. The number of imidazole rings is 1. The number of benzene rings is 5. The number of thiophene rings is 1. The van der Waals surface area contributed by atoms with Crippen LogP contribution in [-0.2, 0) is 0 Å². The predicted molar refractivity (Wildman–Crippen MR) is 242 cm³/mol. The lowest BCUT2D eigenvalue weighted by Gasteiger charge is -2.20. The van der Waals surface area contributed by atoms with Crippen LogP contribution in [0, 0.1) is 0 Å². The van der Waals surface area contributed by atoms with Gasteiger partial charge in [-0.3, -0.25) is 19.5 Å². The highest BCUT2D eigenvalue weighted by molar-refractivity contribution is 7.13. The fraction of sp³-hybridized carbons (Fsp3) is 0. The van der Waals surface area contributed by atoms with Gasteiger partial charge in [0.05, 0.1) is 34.3 Å². The molecular formula is C52H34N6S. The molecule has 11 rings (SSSR count). The minimum Gasteiger partial charge on any atom is -0.309 e. The minimum absolute atomic E-state index is 0.807. The number of pyridine rings is 3. The van der Waals surface area contributed by atoms with Crippen molar-refractivity contribution in [2.24, 2.45) is 0 Å². The molecule has 6 aromatic heterocycles. The first-order valence-electron chi connectivity index (χ1n) is 19.5. The maximum absolute atomic E-state index is 5.18. The van der Waals surface area contributed by atoms with Crippen molar-refractivity contribution in [1.82, 2.24) is 29.1 Å². The third-order valence-electron chi connectivity index (χ3n) is 10.9. The highest BCUT2D eigenvalue weighted by atomic mass is 32.1. The Morgan fingerprint density at radius 2 is 1.14 bits per heavy atom. The summed E-state index contributed by atoms with van der Waals surface area (Å²) < 4.78 is 4.64. The van der Waals surface area contributed by atoms with Gasteiger partial charge in [-0.2, -0.15) is 0 Å². The van der Waals surface area contributed by atoms with E-state index >= 15 is 0 Å². The van der Waals surface area contributed by atoms with E-state index in [2.05, 4.69) is 164 Å². The minimum atomic E-state index is 0.807. The Morgan fingerprint density at radius 3 is 1.86 bits per heavy atom. The molecule has 0 aliphatic rings. The zero-order valence-electron chi connectivity index (χ0n) is 31.7. The number of rotatable bonds is 8. The van der Waals surface area contributed by atoms with Crippen molar-refractivity contribution < 1.29 is 0 Å². The molecule has 0 amide bonds. The van der Waals surface area contributed by atoms with Gasteiger partial charge in [0.25, 0.3) is 0 Å². The molecule has 11 aromatic rings. The molecule has 0 fully saturated rings. The standard InChI is InChI=1S/C52H34N6S/c1-3-10-35(11-4-1)43-25-28-55-50(36-12-5-2-6-13-36)51(43)58-48(41-15-8-27-54-33-41)34-56-52(58)37-17-21-42(22-18-37)57-46-24-20-38(40-14-7-26-53-32-40)30-45(46)44-23-19-39(31-47(44)57)49-16-9-29-59-49/h1-34H. The van der Waals surface area contributed by atoms with Gasteiger partial charge < -0.3 is 4.57 Å². The summed E-state index contributed by atoms with van der Waals surface area (Å²) in [7, 11) is 0. The van der Waals surface area contributed by atoms with Crippen molar-refractivity contribution in [3.05, 3.63) is 206 Å². The Morgan fingerprint density at radius 1 is 0.424 bits per heavy atom. The Labute approximate surface area is 345 Å². The van der Waals surface area contributed by atoms with Crippen LogP contribution in [0.1, 0.15) is 0 Å². The van der Waals surface area contributed by atoms with Gasteiger partial charge in [0.15, 0.2) is 0 Å². The van der Waals surface area contributed by atoms with E-state index in [1.54, 1.807) is 17.5 Å². The van der Waals surface area contributed by atoms with E-state index in [0.717, 1.165) is 78.6 Å². The van der Waals surface area contributed by atoms with Crippen LogP contribution in [-0.4, -0.2) is 29.1 Å². The first kappa shape index (κ1) is 34.5. The highest BCUT2D eigenvalue weighted by Gasteiger charge is 2.24. The van der Waals surface area contributed by atoms with Crippen molar-refractivity contribution in [2.75, 3.05) is 0 Å². The van der Waals surface area contributed by atoms with Gasteiger partial charge >= 0.3 is 0 Å². The third-order valence-corrected chi connectivity index (χ3v) is 11.9. The Bertz CT molecular complexity index is 3170. The number of fused-ring (bicyclic) bond motifs is 3.